The zero-order valence-corrected chi connectivity index (χ0v) is 11.3. The Morgan fingerprint density at radius 3 is 2.74 bits per heavy atom. The van der Waals surface area contributed by atoms with Gasteiger partial charge in [-0.3, -0.25) is 9.98 Å². The molecule has 0 aliphatic rings. The van der Waals surface area contributed by atoms with Gasteiger partial charge in [-0.05, 0) is 5.56 Å². The summed E-state index contributed by atoms with van der Waals surface area (Å²) in [5, 5.41) is 14.4. The molecule has 0 bridgehead atoms. The molecule has 100 valence electrons. The Kier molecular flexibility index (Phi) is 4.06. The summed E-state index contributed by atoms with van der Waals surface area (Å²) in [7, 11) is 1.66. The van der Waals surface area contributed by atoms with Crippen LogP contribution in [0.4, 0.5) is 0 Å². The van der Waals surface area contributed by atoms with Crippen LogP contribution in [0.5, 0.6) is 0 Å². The van der Waals surface area contributed by atoms with Crippen LogP contribution in [0, 0.1) is 5.41 Å². The van der Waals surface area contributed by atoms with E-state index in [-0.39, 0.29) is 16.8 Å². The molecule has 6 nitrogen and oxygen atoms in total. The Bertz CT molecular complexity index is 619. The number of hydrogen-bond acceptors (Lipinski definition) is 4. The van der Waals surface area contributed by atoms with Crippen molar-refractivity contribution in [3.63, 3.8) is 0 Å². The molecule has 0 saturated heterocycles. The van der Waals surface area contributed by atoms with E-state index in [0.29, 0.717) is 11.6 Å². The Morgan fingerprint density at radius 1 is 1.53 bits per heavy atom. The maximum atomic E-state index is 11.3. The molecular weight excluding hydrogens is 262 g/mol. The molecule has 2 aromatic rings. The SMILES string of the molecule is Cn1c(SC(CC(=N)N)c2ccccc2)n[nH]c1=O. The first kappa shape index (κ1) is 13.4. The van der Waals surface area contributed by atoms with Crippen LogP contribution in [-0.4, -0.2) is 20.6 Å². The number of nitrogens with zero attached hydrogens (tertiary/aromatic N) is 2. The van der Waals surface area contributed by atoms with Crippen molar-refractivity contribution in [1.82, 2.24) is 14.8 Å². The van der Waals surface area contributed by atoms with E-state index in [1.165, 1.54) is 16.3 Å². The average Bonchev–Trinajstić information content (AvgIpc) is 2.70. The summed E-state index contributed by atoms with van der Waals surface area (Å²) in [5.41, 5.74) is 6.30. The lowest BCUT2D eigenvalue weighted by Crippen LogP contribution is -2.15. The Balaban J connectivity index is 2.26. The van der Waals surface area contributed by atoms with Gasteiger partial charge in [-0.1, -0.05) is 42.1 Å². The second kappa shape index (κ2) is 5.75. The van der Waals surface area contributed by atoms with Crippen molar-refractivity contribution in [2.75, 3.05) is 0 Å². The number of nitrogens with one attached hydrogen (secondary N) is 2. The highest BCUT2D eigenvalue weighted by atomic mass is 32.2. The number of hydrogen-bond donors (Lipinski definition) is 3. The predicted octanol–water partition coefficient (Wildman–Crippen LogP) is 1.27. The number of rotatable bonds is 5. The Morgan fingerprint density at radius 2 is 2.21 bits per heavy atom. The molecule has 1 unspecified atom stereocenters. The van der Waals surface area contributed by atoms with Gasteiger partial charge >= 0.3 is 5.69 Å². The topological polar surface area (TPSA) is 101 Å². The molecule has 0 aliphatic heterocycles. The van der Waals surface area contributed by atoms with Crippen molar-refractivity contribution >= 4 is 17.6 Å². The molecule has 7 heteroatoms. The lowest BCUT2D eigenvalue weighted by molar-refractivity contribution is 0.761. The van der Waals surface area contributed by atoms with Gasteiger partial charge in [0.05, 0.1) is 5.84 Å². The normalized spacial score (nSPS) is 12.3. The van der Waals surface area contributed by atoms with Crippen LogP contribution in [0.3, 0.4) is 0 Å². The third kappa shape index (κ3) is 3.25. The molecular formula is C12H15N5OS. The molecule has 4 N–H and O–H groups in total. The van der Waals surface area contributed by atoms with Crippen LogP contribution in [0.1, 0.15) is 17.2 Å². The van der Waals surface area contributed by atoms with Crippen LogP contribution in [0.15, 0.2) is 40.3 Å². The van der Waals surface area contributed by atoms with Gasteiger partial charge in [-0.15, -0.1) is 5.10 Å². The van der Waals surface area contributed by atoms with E-state index in [0.717, 1.165) is 5.56 Å². The van der Waals surface area contributed by atoms with Crippen LogP contribution in [0.25, 0.3) is 0 Å². The summed E-state index contributed by atoms with van der Waals surface area (Å²) in [4.78, 5) is 11.3. The quantitative estimate of drug-likeness (QED) is 0.435. The minimum absolute atomic E-state index is 0.0346. The van der Waals surface area contributed by atoms with Gasteiger partial charge < -0.3 is 5.73 Å². The van der Waals surface area contributed by atoms with E-state index < -0.39 is 0 Å². The first-order chi connectivity index (χ1) is 9.08. The number of aromatic amines is 1. The summed E-state index contributed by atoms with van der Waals surface area (Å²) in [5.74, 6) is 0.113. The van der Waals surface area contributed by atoms with Crippen molar-refractivity contribution in [2.45, 2.75) is 16.8 Å². The molecule has 0 aliphatic carbocycles. The molecule has 0 saturated carbocycles. The molecule has 1 atom stereocenters. The van der Waals surface area contributed by atoms with Crippen LogP contribution >= 0.6 is 11.8 Å². The second-order valence-electron chi connectivity index (χ2n) is 4.12. The van der Waals surface area contributed by atoms with Gasteiger partial charge in [0.2, 0.25) is 0 Å². The van der Waals surface area contributed by atoms with Crippen molar-refractivity contribution < 1.29 is 0 Å². The Labute approximate surface area is 114 Å². The number of thioether (sulfide) groups is 1. The zero-order chi connectivity index (χ0) is 13.8. The molecule has 19 heavy (non-hydrogen) atoms. The molecule has 1 heterocycles. The van der Waals surface area contributed by atoms with E-state index in [9.17, 15) is 4.79 Å². The van der Waals surface area contributed by atoms with Crippen LogP contribution < -0.4 is 11.4 Å². The van der Waals surface area contributed by atoms with E-state index >= 15 is 0 Å². The van der Waals surface area contributed by atoms with Gasteiger partial charge in [0.1, 0.15) is 0 Å². The summed E-state index contributed by atoms with van der Waals surface area (Å²) >= 11 is 1.42. The van der Waals surface area contributed by atoms with E-state index in [1.807, 2.05) is 30.3 Å². The number of benzene rings is 1. The highest BCUT2D eigenvalue weighted by Crippen LogP contribution is 2.35. The van der Waals surface area contributed by atoms with Crippen molar-refractivity contribution in [3.8, 4) is 0 Å². The van der Waals surface area contributed by atoms with Gasteiger partial charge in [-0.2, -0.15) is 0 Å². The fourth-order valence-electron chi connectivity index (χ4n) is 1.66. The minimum atomic E-state index is -0.253. The number of H-pyrrole nitrogens is 1. The third-order valence-corrected chi connectivity index (χ3v) is 3.96. The van der Waals surface area contributed by atoms with E-state index in [4.69, 9.17) is 11.1 Å². The monoisotopic (exact) mass is 277 g/mol. The van der Waals surface area contributed by atoms with Gasteiger partial charge in [-0.25, -0.2) is 9.89 Å². The van der Waals surface area contributed by atoms with Gasteiger partial charge in [0, 0.05) is 18.7 Å². The highest BCUT2D eigenvalue weighted by Gasteiger charge is 2.17. The van der Waals surface area contributed by atoms with Crippen molar-refractivity contribution in [1.29, 1.82) is 5.41 Å². The smallest absolute Gasteiger partial charge is 0.343 e. The third-order valence-electron chi connectivity index (χ3n) is 2.66. The molecule has 0 fully saturated rings. The lowest BCUT2D eigenvalue weighted by Gasteiger charge is -2.15. The molecule has 0 radical (unpaired) electrons. The standard InChI is InChI=1S/C12H15N5OS/c1-17-11(18)15-16-12(17)19-9(7-10(13)14)8-5-3-2-4-6-8/h2-6,9H,7H2,1H3,(H3,13,14)(H,15,18). The van der Waals surface area contributed by atoms with Crippen molar-refractivity contribution in [2.24, 2.45) is 12.8 Å². The first-order valence-electron chi connectivity index (χ1n) is 5.74. The molecule has 2 rings (SSSR count). The lowest BCUT2D eigenvalue weighted by atomic mass is 10.1. The van der Waals surface area contributed by atoms with Crippen molar-refractivity contribution in [3.05, 3.63) is 46.4 Å². The van der Waals surface area contributed by atoms with Gasteiger partial charge in [0.15, 0.2) is 5.16 Å². The molecule has 1 aromatic carbocycles. The fraction of sp³-hybridized carbons (Fsp3) is 0.250. The average molecular weight is 277 g/mol. The fourth-order valence-corrected chi connectivity index (χ4v) is 2.81. The maximum Gasteiger partial charge on any atom is 0.343 e. The molecule has 0 spiro atoms. The molecule has 0 amide bonds. The van der Waals surface area contributed by atoms with Gasteiger partial charge in [0.25, 0.3) is 0 Å². The first-order valence-corrected chi connectivity index (χ1v) is 6.62. The summed E-state index contributed by atoms with van der Waals surface area (Å²) in [6.45, 7) is 0. The van der Waals surface area contributed by atoms with E-state index in [2.05, 4.69) is 10.2 Å². The predicted molar refractivity (Wildman–Crippen MR) is 75.4 cm³/mol. The highest BCUT2D eigenvalue weighted by molar-refractivity contribution is 7.99. The maximum absolute atomic E-state index is 11.3. The van der Waals surface area contributed by atoms with Crippen LogP contribution in [-0.2, 0) is 7.05 Å². The summed E-state index contributed by atoms with van der Waals surface area (Å²) < 4.78 is 1.45. The minimum Gasteiger partial charge on any atom is -0.388 e. The largest absolute Gasteiger partial charge is 0.388 e. The summed E-state index contributed by atoms with van der Waals surface area (Å²) in [6, 6.07) is 9.76. The zero-order valence-electron chi connectivity index (χ0n) is 10.5. The molecule has 1 aromatic heterocycles. The number of amidine groups is 1. The van der Waals surface area contributed by atoms with E-state index in [1.54, 1.807) is 7.05 Å². The number of nitrogens with two attached hydrogens (primary N) is 1. The van der Waals surface area contributed by atoms with Crippen LogP contribution in [0.2, 0.25) is 0 Å². The number of aromatic nitrogens is 3. The Hall–Kier alpha value is -2.02. The second-order valence-corrected chi connectivity index (χ2v) is 5.29. The summed E-state index contributed by atoms with van der Waals surface area (Å²) in [6.07, 6.45) is 0.412.